The third-order valence-corrected chi connectivity index (χ3v) is 3.98. The molecule has 5 heteroatoms. The van der Waals surface area contributed by atoms with E-state index in [1.165, 1.54) is 12.1 Å². The first-order valence-corrected chi connectivity index (χ1v) is 6.99. The summed E-state index contributed by atoms with van der Waals surface area (Å²) in [6.45, 7) is 0. The lowest BCUT2D eigenvalue weighted by atomic mass is 10.0. The monoisotopic (exact) mass is 334 g/mol. The second-order valence-corrected chi connectivity index (χ2v) is 5.44. The summed E-state index contributed by atoms with van der Waals surface area (Å²) < 4.78 is 15.4. The lowest BCUT2D eigenvalue weighted by molar-refractivity contribution is 0.179. The van der Waals surface area contributed by atoms with Gasteiger partial charge < -0.3 is 5.11 Å². The van der Waals surface area contributed by atoms with E-state index in [9.17, 15) is 9.50 Å². The van der Waals surface area contributed by atoms with E-state index < -0.39 is 6.10 Å². The fourth-order valence-corrected chi connectivity index (χ4v) is 2.73. The molecule has 20 heavy (non-hydrogen) atoms. The summed E-state index contributed by atoms with van der Waals surface area (Å²) in [5.41, 5.74) is 2.49. The Morgan fingerprint density at radius 2 is 2.15 bits per heavy atom. The number of nitrogens with zero attached hydrogens (tertiary/aromatic N) is 2. The highest BCUT2D eigenvalue weighted by Gasteiger charge is 2.15. The van der Waals surface area contributed by atoms with Crippen LogP contribution in [-0.4, -0.2) is 14.7 Å². The first-order valence-electron chi connectivity index (χ1n) is 6.19. The molecule has 3 nitrogen and oxygen atoms in total. The van der Waals surface area contributed by atoms with Gasteiger partial charge in [-0.2, -0.15) is 5.10 Å². The van der Waals surface area contributed by atoms with Gasteiger partial charge in [0.15, 0.2) is 0 Å². The van der Waals surface area contributed by atoms with Crippen LogP contribution < -0.4 is 0 Å². The molecule has 1 atom stereocenters. The Balaban J connectivity index is 1.91. The maximum atomic E-state index is 13.1. The molecule has 1 unspecified atom stereocenters. The van der Waals surface area contributed by atoms with Crippen molar-refractivity contribution in [3.05, 3.63) is 70.2 Å². The number of benzene rings is 1. The van der Waals surface area contributed by atoms with E-state index >= 15 is 0 Å². The minimum atomic E-state index is -0.684. The van der Waals surface area contributed by atoms with Gasteiger partial charge in [-0.15, -0.1) is 0 Å². The lowest BCUT2D eigenvalue weighted by Crippen LogP contribution is -2.02. The van der Waals surface area contributed by atoms with E-state index in [1.54, 1.807) is 16.8 Å². The molecule has 0 bridgehead atoms. The van der Waals surface area contributed by atoms with Gasteiger partial charge in [-0.1, -0.05) is 28.1 Å². The Labute approximate surface area is 123 Å². The molecule has 3 aromatic rings. The third kappa shape index (κ3) is 2.46. The summed E-state index contributed by atoms with van der Waals surface area (Å²) in [6, 6.07) is 10.2. The molecule has 3 rings (SSSR count). The molecule has 0 saturated carbocycles. The van der Waals surface area contributed by atoms with Gasteiger partial charge in [0, 0.05) is 22.7 Å². The van der Waals surface area contributed by atoms with Crippen molar-refractivity contribution in [2.24, 2.45) is 0 Å². The zero-order valence-corrected chi connectivity index (χ0v) is 12.1. The molecular weight excluding hydrogens is 323 g/mol. The summed E-state index contributed by atoms with van der Waals surface area (Å²) in [4.78, 5) is 0. The summed E-state index contributed by atoms with van der Waals surface area (Å²) in [5.74, 6) is -0.300. The van der Waals surface area contributed by atoms with Crippen molar-refractivity contribution in [1.29, 1.82) is 0 Å². The minimum absolute atomic E-state index is 0.300. The van der Waals surface area contributed by atoms with Crippen LogP contribution in [0, 0.1) is 5.82 Å². The molecule has 0 spiro atoms. The zero-order valence-electron chi connectivity index (χ0n) is 10.5. The fourth-order valence-electron chi connectivity index (χ4n) is 2.22. The standard InChI is InChI=1S/C15H12BrFN2O/c16-13-8-11(17)5-4-10(13)7-15(20)12-9-18-19-6-2-1-3-14(12)19/h1-6,8-9,15,20H,7H2. The average molecular weight is 335 g/mol. The average Bonchev–Trinajstić information content (AvgIpc) is 2.86. The van der Waals surface area contributed by atoms with Crippen molar-refractivity contribution in [3.63, 3.8) is 0 Å². The first-order chi connectivity index (χ1) is 9.65. The van der Waals surface area contributed by atoms with Gasteiger partial charge in [0.25, 0.3) is 0 Å². The maximum absolute atomic E-state index is 13.1. The summed E-state index contributed by atoms with van der Waals surface area (Å²) in [7, 11) is 0. The largest absolute Gasteiger partial charge is 0.388 e. The highest BCUT2D eigenvalue weighted by atomic mass is 79.9. The van der Waals surface area contributed by atoms with Crippen molar-refractivity contribution < 1.29 is 9.50 Å². The normalized spacial score (nSPS) is 12.8. The van der Waals surface area contributed by atoms with Gasteiger partial charge in [0.1, 0.15) is 5.82 Å². The molecule has 0 amide bonds. The number of hydrogen-bond donors (Lipinski definition) is 1. The van der Waals surface area contributed by atoms with Crippen LogP contribution in [0.15, 0.2) is 53.3 Å². The fraction of sp³-hybridized carbons (Fsp3) is 0.133. The van der Waals surface area contributed by atoms with Crippen molar-refractivity contribution in [2.75, 3.05) is 0 Å². The van der Waals surface area contributed by atoms with E-state index in [2.05, 4.69) is 21.0 Å². The summed E-state index contributed by atoms with van der Waals surface area (Å²) >= 11 is 3.32. The topological polar surface area (TPSA) is 37.5 Å². The molecule has 102 valence electrons. The molecule has 0 fully saturated rings. The number of pyridine rings is 1. The van der Waals surface area contributed by atoms with Crippen molar-refractivity contribution >= 4 is 21.4 Å². The van der Waals surface area contributed by atoms with Crippen LogP contribution in [0.3, 0.4) is 0 Å². The number of aliphatic hydroxyl groups excluding tert-OH is 1. The van der Waals surface area contributed by atoms with Crippen LogP contribution >= 0.6 is 15.9 Å². The zero-order chi connectivity index (χ0) is 14.1. The lowest BCUT2D eigenvalue weighted by Gasteiger charge is -2.11. The van der Waals surface area contributed by atoms with Crippen molar-refractivity contribution in [1.82, 2.24) is 9.61 Å². The Morgan fingerprint density at radius 1 is 1.30 bits per heavy atom. The predicted molar refractivity (Wildman–Crippen MR) is 78.0 cm³/mol. The molecule has 0 aliphatic heterocycles. The highest BCUT2D eigenvalue weighted by Crippen LogP contribution is 2.26. The van der Waals surface area contributed by atoms with Crippen LogP contribution in [0.5, 0.6) is 0 Å². The smallest absolute Gasteiger partial charge is 0.124 e. The molecular formula is C15H12BrFN2O. The van der Waals surface area contributed by atoms with E-state index in [1.807, 2.05) is 24.4 Å². The van der Waals surface area contributed by atoms with Gasteiger partial charge in [0.2, 0.25) is 0 Å². The summed E-state index contributed by atoms with van der Waals surface area (Å²) in [5, 5.41) is 14.6. The number of aromatic nitrogens is 2. The number of hydrogen-bond acceptors (Lipinski definition) is 2. The Kier molecular flexibility index (Phi) is 3.54. The quantitative estimate of drug-likeness (QED) is 0.795. The van der Waals surface area contributed by atoms with E-state index in [-0.39, 0.29) is 5.82 Å². The molecule has 0 radical (unpaired) electrons. The second-order valence-electron chi connectivity index (χ2n) is 4.59. The highest BCUT2D eigenvalue weighted by molar-refractivity contribution is 9.10. The molecule has 0 aliphatic rings. The maximum Gasteiger partial charge on any atom is 0.124 e. The van der Waals surface area contributed by atoms with Gasteiger partial charge in [0.05, 0.1) is 17.8 Å². The van der Waals surface area contributed by atoms with Gasteiger partial charge in [-0.3, -0.25) is 0 Å². The van der Waals surface area contributed by atoms with Crippen molar-refractivity contribution in [2.45, 2.75) is 12.5 Å². The van der Waals surface area contributed by atoms with Crippen LogP contribution in [0.25, 0.3) is 5.52 Å². The van der Waals surface area contributed by atoms with Crippen molar-refractivity contribution in [3.8, 4) is 0 Å². The van der Waals surface area contributed by atoms with Gasteiger partial charge >= 0.3 is 0 Å². The van der Waals surface area contributed by atoms with Crippen LogP contribution in [0.4, 0.5) is 4.39 Å². The molecule has 2 heterocycles. The Bertz CT molecular complexity index is 756. The van der Waals surface area contributed by atoms with Crippen LogP contribution in [-0.2, 0) is 6.42 Å². The van der Waals surface area contributed by atoms with Crippen LogP contribution in [0.1, 0.15) is 17.2 Å². The number of rotatable bonds is 3. The minimum Gasteiger partial charge on any atom is -0.388 e. The number of aliphatic hydroxyl groups is 1. The SMILES string of the molecule is OC(Cc1ccc(F)cc1Br)c1cnn2ccccc12. The first kappa shape index (κ1) is 13.3. The van der Waals surface area contributed by atoms with E-state index in [0.717, 1.165) is 16.6 Å². The van der Waals surface area contributed by atoms with Crippen LogP contribution in [0.2, 0.25) is 0 Å². The predicted octanol–water partition coefficient (Wildman–Crippen LogP) is 3.51. The Morgan fingerprint density at radius 3 is 2.95 bits per heavy atom. The number of halogens is 2. The van der Waals surface area contributed by atoms with Gasteiger partial charge in [-0.25, -0.2) is 8.91 Å². The third-order valence-electron chi connectivity index (χ3n) is 3.24. The Hall–Kier alpha value is -1.72. The van der Waals surface area contributed by atoms with E-state index in [0.29, 0.717) is 10.9 Å². The molecule has 0 aliphatic carbocycles. The molecule has 0 saturated heterocycles. The molecule has 1 N–H and O–H groups in total. The summed E-state index contributed by atoms with van der Waals surface area (Å²) in [6.07, 6.45) is 3.21. The van der Waals surface area contributed by atoms with Gasteiger partial charge in [-0.05, 0) is 29.8 Å². The number of fused-ring (bicyclic) bond motifs is 1. The second kappa shape index (κ2) is 5.34. The molecule has 2 aromatic heterocycles. The van der Waals surface area contributed by atoms with E-state index in [4.69, 9.17) is 0 Å². The molecule has 1 aromatic carbocycles.